The zero-order valence-corrected chi connectivity index (χ0v) is 17.5. The smallest absolute Gasteiger partial charge is 0.282 e. The van der Waals surface area contributed by atoms with Crippen molar-refractivity contribution in [2.75, 3.05) is 17.3 Å². The van der Waals surface area contributed by atoms with Crippen LogP contribution in [0.5, 0.6) is 5.75 Å². The first-order valence-electron chi connectivity index (χ1n) is 9.46. The number of nitrogens with one attached hydrogen (secondary N) is 1. The van der Waals surface area contributed by atoms with Crippen LogP contribution in [0.2, 0.25) is 5.02 Å². The molecule has 1 N–H and O–H groups in total. The van der Waals surface area contributed by atoms with Gasteiger partial charge in [-0.05, 0) is 54.4 Å². The van der Waals surface area contributed by atoms with E-state index < -0.39 is 17.6 Å². The van der Waals surface area contributed by atoms with E-state index in [1.807, 2.05) is 6.92 Å². The molecule has 0 fully saturated rings. The molecule has 0 unspecified atom stereocenters. The molecule has 0 aromatic heterocycles. The molecule has 0 radical (unpaired) electrons. The number of carbonyl (C=O) groups is 2. The first-order valence-corrected chi connectivity index (χ1v) is 9.83. The van der Waals surface area contributed by atoms with E-state index in [2.05, 4.69) is 5.32 Å². The van der Waals surface area contributed by atoms with Crippen molar-refractivity contribution in [1.82, 2.24) is 0 Å². The molecule has 4 rings (SSSR count). The number of imide groups is 1. The SMILES string of the molecule is COc1cccc(N2C(=O)C(Nc3cccc(Cl)c3C)=C(c3ccc(F)cc3)C2=O)c1. The van der Waals surface area contributed by atoms with Gasteiger partial charge in [0.2, 0.25) is 0 Å². The lowest BCUT2D eigenvalue weighted by Gasteiger charge is -2.16. The Hall–Kier alpha value is -3.64. The van der Waals surface area contributed by atoms with E-state index >= 15 is 0 Å². The largest absolute Gasteiger partial charge is 0.497 e. The first-order chi connectivity index (χ1) is 14.9. The number of methoxy groups -OCH3 is 1. The molecule has 3 aromatic carbocycles. The Balaban J connectivity index is 1.84. The molecule has 5 nitrogen and oxygen atoms in total. The summed E-state index contributed by atoms with van der Waals surface area (Å²) in [5.74, 6) is -0.983. The van der Waals surface area contributed by atoms with Crippen molar-refractivity contribution in [2.45, 2.75) is 6.92 Å². The summed E-state index contributed by atoms with van der Waals surface area (Å²) in [4.78, 5) is 27.9. The van der Waals surface area contributed by atoms with E-state index in [9.17, 15) is 14.0 Å². The number of hydrogen-bond donors (Lipinski definition) is 1. The van der Waals surface area contributed by atoms with Gasteiger partial charge in [-0.15, -0.1) is 0 Å². The molecule has 0 saturated carbocycles. The summed E-state index contributed by atoms with van der Waals surface area (Å²) in [6.07, 6.45) is 0. The number of carbonyl (C=O) groups excluding carboxylic acids is 2. The van der Waals surface area contributed by atoms with Gasteiger partial charge in [0, 0.05) is 16.8 Å². The van der Waals surface area contributed by atoms with Gasteiger partial charge in [-0.1, -0.05) is 35.9 Å². The summed E-state index contributed by atoms with van der Waals surface area (Å²) in [7, 11) is 1.50. The summed E-state index contributed by atoms with van der Waals surface area (Å²) in [5, 5.41) is 3.60. The van der Waals surface area contributed by atoms with Crippen LogP contribution in [0, 0.1) is 12.7 Å². The Kier molecular flexibility index (Phi) is 5.48. The Bertz CT molecular complexity index is 1220. The number of amides is 2. The summed E-state index contributed by atoms with van der Waals surface area (Å²) < 4.78 is 18.7. The van der Waals surface area contributed by atoms with Crippen LogP contribution in [0.3, 0.4) is 0 Å². The molecule has 1 aliphatic rings. The number of benzene rings is 3. The molecule has 7 heteroatoms. The van der Waals surface area contributed by atoms with E-state index in [1.54, 1.807) is 42.5 Å². The third-order valence-corrected chi connectivity index (χ3v) is 5.47. The van der Waals surface area contributed by atoms with E-state index in [1.165, 1.54) is 31.4 Å². The highest BCUT2D eigenvalue weighted by atomic mass is 35.5. The average Bonchev–Trinajstić information content (AvgIpc) is 3.01. The van der Waals surface area contributed by atoms with Crippen molar-refractivity contribution >= 4 is 40.4 Å². The molecule has 0 aliphatic carbocycles. The van der Waals surface area contributed by atoms with E-state index in [4.69, 9.17) is 16.3 Å². The quantitative estimate of drug-likeness (QED) is 0.559. The predicted octanol–water partition coefficient (Wildman–Crippen LogP) is 5.19. The van der Waals surface area contributed by atoms with Crippen molar-refractivity contribution in [3.8, 4) is 5.75 Å². The fourth-order valence-corrected chi connectivity index (χ4v) is 3.57. The summed E-state index contributed by atoms with van der Waals surface area (Å²) in [6.45, 7) is 1.81. The van der Waals surface area contributed by atoms with Gasteiger partial charge in [0.05, 0.1) is 18.4 Å². The minimum absolute atomic E-state index is 0.0878. The van der Waals surface area contributed by atoms with Crippen molar-refractivity contribution < 1.29 is 18.7 Å². The second-order valence-electron chi connectivity index (χ2n) is 6.94. The van der Waals surface area contributed by atoms with E-state index in [-0.39, 0.29) is 11.3 Å². The normalized spacial score (nSPS) is 13.7. The molecule has 0 spiro atoms. The van der Waals surface area contributed by atoms with Crippen molar-refractivity contribution in [2.24, 2.45) is 0 Å². The Labute approximate surface area is 183 Å². The van der Waals surface area contributed by atoms with E-state index in [0.29, 0.717) is 27.7 Å². The topological polar surface area (TPSA) is 58.6 Å². The summed E-state index contributed by atoms with van der Waals surface area (Å²) in [5.41, 5.74) is 2.35. The van der Waals surface area contributed by atoms with Crippen LogP contribution in [0.4, 0.5) is 15.8 Å². The molecular formula is C24H18ClFN2O3. The van der Waals surface area contributed by atoms with Crippen molar-refractivity contribution in [3.05, 3.63) is 94.4 Å². The molecule has 0 bridgehead atoms. The van der Waals surface area contributed by atoms with Crippen LogP contribution in [-0.2, 0) is 9.59 Å². The monoisotopic (exact) mass is 436 g/mol. The van der Waals surface area contributed by atoms with Crippen LogP contribution in [0.1, 0.15) is 11.1 Å². The van der Waals surface area contributed by atoms with Crippen molar-refractivity contribution in [3.63, 3.8) is 0 Å². The molecule has 2 amide bonds. The lowest BCUT2D eigenvalue weighted by molar-refractivity contribution is -0.120. The van der Waals surface area contributed by atoms with Crippen LogP contribution < -0.4 is 15.0 Å². The standard InChI is InChI=1S/C24H18ClFN2O3/c1-14-19(25)7-4-8-20(14)27-22-21(15-9-11-16(26)12-10-15)23(29)28(24(22)30)17-5-3-6-18(13-17)31-2/h3-13,27H,1-2H3. The lowest BCUT2D eigenvalue weighted by Crippen LogP contribution is -2.32. The summed E-state index contributed by atoms with van der Waals surface area (Å²) >= 11 is 6.22. The molecule has 0 saturated heterocycles. The van der Waals surface area contributed by atoms with Crippen LogP contribution in [-0.4, -0.2) is 18.9 Å². The second kappa shape index (κ2) is 8.24. The number of anilines is 2. The maximum atomic E-state index is 13.5. The highest BCUT2D eigenvalue weighted by Crippen LogP contribution is 2.36. The number of hydrogen-bond acceptors (Lipinski definition) is 4. The molecule has 1 aliphatic heterocycles. The summed E-state index contributed by atoms with van der Waals surface area (Å²) in [6, 6.07) is 17.3. The number of rotatable bonds is 5. The zero-order valence-electron chi connectivity index (χ0n) is 16.8. The van der Waals surface area contributed by atoms with Gasteiger partial charge < -0.3 is 10.1 Å². The lowest BCUT2D eigenvalue weighted by atomic mass is 10.0. The molecular weight excluding hydrogens is 419 g/mol. The third kappa shape index (κ3) is 3.78. The Morgan fingerprint density at radius 3 is 2.39 bits per heavy atom. The van der Waals surface area contributed by atoms with Gasteiger partial charge in [-0.25, -0.2) is 9.29 Å². The van der Waals surface area contributed by atoms with Crippen LogP contribution in [0.25, 0.3) is 5.57 Å². The van der Waals surface area contributed by atoms with Gasteiger partial charge in [0.1, 0.15) is 17.3 Å². The third-order valence-electron chi connectivity index (χ3n) is 5.06. The van der Waals surface area contributed by atoms with Crippen LogP contribution in [0.15, 0.2) is 72.4 Å². The predicted molar refractivity (Wildman–Crippen MR) is 119 cm³/mol. The maximum absolute atomic E-state index is 13.5. The molecule has 0 atom stereocenters. The average molecular weight is 437 g/mol. The van der Waals surface area contributed by atoms with Gasteiger partial charge in [-0.2, -0.15) is 0 Å². The molecule has 1 heterocycles. The highest BCUT2D eigenvalue weighted by molar-refractivity contribution is 6.46. The van der Waals surface area contributed by atoms with Gasteiger partial charge in [-0.3, -0.25) is 9.59 Å². The fraction of sp³-hybridized carbons (Fsp3) is 0.0833. The van der Waals surface area contributed by atoms with Crippen LogP contribution >= 0.6 is 11.6 Å². The second-order valence-corrected chi connectivity index (χ2v) is 7.35. The number of halogens is 2. The number of nitrogens with zero attached hydrogens (tertiary/aromatic N) is 1. The van der Waals surface area contributed by atoms with Gasteiger partial charge in [0.15, 0.2) is 0 Å². The molecule has 3 aromatic rings. The maximum Gasteiger partial charge on any atom is 0.282 e. The Morgan fingerprint density at radius 2 is 1.68 bits per heavy atom. The highest BCUT2D eigenvalue weighted by Gasteiger charge is 2.40. The first kappa shape index (κ1) is 20.6. The minimum Gasteiger partial charge on any atom is -0.497 e. The number of ether oxygens (including phenoxy) is 1. The van der Waals surface area contributed by atoms with Gasteiger partial charge in [0.25, 0.3) is 11.8 Å². The molecule has 31 heavy (non-hydrogen) atoms. The zero-order chi connectivity index (χ0) is 22.1. The van der Waals surface area contributed by atoms with Gasteiger partial charge >= 0.3 is 0 Å². The fourth-order valence-electron chi connectivity index (χ4n) is 3.39. The van der Waals surface area contributed by atoms with E-state index in [0.717, 1.165) is 10.5 Å². The minimum atomic E-state index is -0.531. The Morgan fingerprint density at radius 1 is 0.968 bits per heavy atom. The molecule has 156 valence electrons. The van der Waals surface area contributed by atoms with Crippen molar-refractivity contribution in [1.29, 1.82) is 0 Å².